The van der Waals surface area contributed by atoms with E-state index in [2.05, 4.69) is 44.1 Å². The lowest BCUT2D eigenvalue weighted by atomic mass is 9.91. The number of rotatable bonds is 4. The van der Waals surface area contributed by atoms with Crippen LogP contribution in [-0.2, 0) is 0 Å². The molecular formula is C22H24N4O. The number of pyridine rings is 1. The minimum atomic E-state index is -0.181. The molecule has 4 rings (SSSR count). The predicted molar refractivity (Wildman–Crippen MR) is 107 cm³/mol. The van der Waals surface area contributed by atoms with Crippen LogP contribution in [0.1, 0.15) is 47.6 Å². The number of aromatic nitrogens is 3. The standard InChI is InChI=1S/C22H22N4O.H2/c1-16-19(10-5-12-23-16)21(27)22-24-13-11-20(25-22)26-14-6-9-18(15-26)17-7-3-2-4-8-17;/h2-5,7-8,10-13,18H,6,9,14-15H2,1H3;1H. The minimum Gasteiger partial charge on any atom is -0.356 e. The molecular weight excluding hydrogens is 336 g/mol. The first-order chi connectivity index (χ1) is 13.2. The topological polar surface area (TPSA) is 59.0 Å². The molecule has 1 saturated heterocycles. The fraction of sp³-hybridized carbons (Fsp3) is 0.273. The smallest absolute Gasteiger partial charge is 0.232 e. The van der Waals surface area contributed by atoms with E-state index in [1.807, 2.05) is 19.1 Å². The van der Waals surface area contributed by atoms with E-state index >= 15 is 0 Å². The van der Waals surface area contributed by atoms with Crippen molar-refractivity contribution in [1.82, 2.24) is 15.0 Å². The number of aryl methyl sites for hydroxylation is 1. The second-order valence-electron chi connectivity index (χ2n) is 6.90. The van der Waals surface area contributed by atoms with E-state index in [0.717, 1.165) is 25.3 Å². The van der Waals surface area contributed by atoms with E-state index in [-0.39, 0.29) is 13.0 Å². The third-order valence-electron chi connectivity index (χ3n) is 5.11. The molecule has 0 saturated carbocycles. The monoisotopic (exact) mass is 360 g/mol. The van der Waals surface area contributed by atoms with Gasteiger partial charge in [-0.15, -0.1) is 0 Å². The van der Waals surface area contributed by atoms with Crippen LogP contribution in [0.25, 0.3) is 0 Å². The van der Waals surface area contributed by atoms with E-state index in [4.69, 9.17) is 0 Å². The molecule has 1 fully saturated rings. The summed E-state index contributed by atoms with van der Waals surface area (Å²) in [5.41, 5.74) is 2.60. The van der Waals surface area contributed by atoms with Crippen molar-refractivity contribution < 1.29 is 6.22 Å². The Hall–Kier alpha value is -3.08. The average molecular weight is 360 g/mol. The maximum atomic E-state index is 12.8. The van der Waals surface area contributed by atoms with Gasteiger partial charge in [-0.2, -0.15) is 0 Å². The summed E-state index contributed by atoms with van der Waals surface area (Å²) in [5.74, 6) is 1.34. The molecule has 0 aliphatic carbocycles. The van der Waals surface area contributed by atoms with Gasteiger partial charge >= 0.3 is 0 Å². The van der Waals surface area contributed by atoms with Crippen LogP contribution in [0, 0.1) is 6.92 Å². The van der Waals surface area contributed by atoms with E-state index in [0.29, 0.717) is 17.2 Å². The molecule has 1 atom stereocenters. The number of piperidine rings is 1. The molecule has 1 aromatic carbocycles. The first-order valence-corrected chi connectivity index (χ1v) is 9.31. The van der Waals surface area contributed by atoms with Crippen LogP contribution >= 0.6 is 0 Å². The molecule has 0 amide bonds. The van der Waals surface area contributed by atoms with Gasteiger partial charge in [-0.3, -0.25) is 9.78 Å². The van der Waals surface area contributed by atoms with Gasteiger partial charge in [0, 0.05) is 44.1 Å². The van der Waals surface area contributed by atoms with Crippen molar-refractivity contribution in [3.63, 3.8) is 0 Å². The van der Waals surface area contributed by atoms with Gasteiger partial charge in [0.2, 0.25) is 11.6 Å². The summed E-state index contributed by atoms with van der Waals surface area (Å²) in [6.45, 7) is 3.67. The normalized spacial score (nSPS) is 16.9. The van der Waals surface area contributed by atoms with Crippen molar-refractivity contribution >= 4 is 11.6 Å². The van der Waals surface area contributed by atoms with Crippen LogP contribution in [-0.4, -0.2) is 33.8 Å². The summed E-state index contributed by atoms with van der Waals surface area (Å²) >= 11 is 0. The lowest BCUT2D eigenvalue weighted by molar-refractivity contribution is 0.102. The van der Waals surface area contributed by atoms with Crippen LogP contribution in [0.2, 0.25) is 0 Å². The second kappa shape index (κ2) is 7.66. The molecule has 0 bridgehead atoms. The third kappa shape index (κ3) is 3.72. The number of hydrogen-bond acceptors (Lipinski definition) is 5. The lowest BCUT2D eigenvalue weighted by Gasteiger charge is -2.33. The first-order valence-electron chi connectivity index (χ1n) is 9.31. The average Bonchev–Trinajstić information content (AvgIpc) is 2.74. The van der Waals surface area contributed by atoms with E-state index in [9.17, 15) is 4.79 Å². The fourth-order valence-corrected chi connectivity index (χ4v) is 3.66. The summed E-state index contributed by atoms with van der Waals surface area (Å²) in [7, 11) is 0. The second-order valence-corrected chi connectivity index (χ2v) is 6.90. The molecule has 3 heterocycles. The molecule has 5 heteroatoms. The molecule has 138 valence electrons. The van der Waals surface area contributed by atoms with Crippen molar-refractivity contribution in [3.8, 4) is 0 Å². The van der Waals surface area contributed by atoms with Gasteiger partial charge < -0.3 is 4.90 Å². The quantitative estimate of drug-likeness (QED) is 0.657. The highest BCUT2D eigenvalue weighted by atomic mass is 16.1. The van der Waals surface area contributed by atoms with Crippen molar-refractivity contribution in [3.05, 3.63) is 83.6 Å². The Morgan fingerprint density at radius 1 is 1.07 bits per heavy atom. The summed E-state index contributed by atoms with van der Waals surface area (Å²) in [5, 5.41) is 0. The molecule has 3 aromatic rings. The molecule has 1 unspecified atom stereocenters. The largest absolute Gasteiger partial charge is 0.356 e. The molecule has 0 N–H and O–H groups in total. The minimum absolute atomic E-state index is 0. The van der Waals surface area contributed by atoms with Gasteiger partial charge in [-0.25, -0.2) is 9.97 Å². The number of benzene rings is 1. The van der Waals surface area contributed by atoms with E-state index in [1.54, 1.807) is 24.5 Å². The van der Waals surface area contributed by atoms with Crippen molar-refractivity contribution in [2.24, 2.45) is 0 Å². The maximum Gasteiger partial charge on any atom is 0.232 e. The van der Waals surface area contributed by atoms with Crippen LogP contribution in [0.3, 0.4) is 0 Å². The highest BCUT2D eigenvalue weighted by molar-refractivity contribution is 6.07. The number of hydrogen-bond donors (Lipinski definition) is 0. The number of ketones is 1. The number of carbonyl (C=O) groups excluding carboxylic acids is 1. The molecule has 27 heavy (non-hydrogen) atoms. The SMILES string of the molecule is Cc1ncccc1C(=O)c1nccc(N2CCCC(c3ccccc3)C2)n1.[HH]. The third-order valence-corrected chi connectivity index (χ3v) is 5.11. The van der Waals surface area contributed by atoms with Gasteiger partial charge in [0.05, 0.1) is 0 Å². The van der Waals surface area contributed by atoms with Crippen molar-refractivity contribution in [1.29, 1.82) is 0 Å². The summed E-state index contributed by atoms with van der Waals surface area (Å²) < 4.78 is 0. The van der Waals surface area contributed by atoms with Gasteiger partial charge in [0.1, 0.15) is 5.82 Å². The Morgan fingerprint density at radius 2 is 1.93 bits per heavy atom. The highest BCUT2D eigenvalue weighted by Crippen LogP contribution is 2.29. The summed E-state index contributed by atoms with van der Waals surface area (Å²) in [6.07, 6.45) is 5.63. The van der Waals surface area contributed by atoms with Crippen LogP contribution in [0.5, 0.6) is 0 Å². The Morgan fingerprint density at radius 3 is 2.74 bits per heavy atom. The number of carbonyl (C=O) groups is 1. The molecule has 0 spiro atoms. The van der Waals surface area contributed by atoms with Crippen molar-refractivity contribution in [2.75, 3.05) is 18.0 Å². The molecule has 1 aliphatic heterocycles. The highest BCUT2D eigenvalue weighted by Gasteiger charge is 2.23. The van der Waals surface area contributed by atoms with Gasteiger partial charge in [-0.05, 0) is 43.5 Å². The van der Waals surface area contributed by atoms with Crippen LogP contribution < -0.4 is 4.90 Å². The number of nitrogens with zero attached hydrogens (tertiary/aromatic N) is 4. The Bertz CT molecular complexity index is 948. The molecule has 1 aliphatic rings. The zero-order valence-corrected chi connectivity index (χ0v) is 15.4. The Kier molecular flexibility index (Phi) is 4.92. The Labute approximate surface area is 160 Å². The van der Waals surface area contributed by atoms with E-state index in [1.165, 1.54) is 12.0 Å². The van der Waals surface area contributed by atoms with Gasteiger partial charge in [0.15, 0.2) is 0 Å². The fourth-order valence-electron chi connectivity index (χ4n) is 3.66. The van der Waals surface area contributed by atoms with E-state index < -0.39 is 0 Å². The van der Waals surface area contributed by atoms with Crippen molar-refractivity contribution in [2.45, 2.75) is 25.7 Å². The lowest BCUT2D eigenvalue weighted by Crippen LogP contribution is -2.35. The summed E-state index contributed by atoms with van der Waals surface area (Å²) in [6, 6.07) is 16.0. The molecule has 2 aromatic heterocycles. The number of anilines is 1. The zero-order chi connectivity index (χ0) is 18.6. The zero-order valence-electron chi connectivity index (χ0n) is 15.4. The van der Waals surface area contributed by atoms with Gasteiger partial charge in [-0.1, -0.05) is 30.3 Å². The van der Waals surface area contributed by atoms with Gasteiger partial charge in [0.25, 0.3) is 0 Å². The molecule has 0 radical (unpaired) electrons. The predicted octanol–water partition coefficient (Wildman–Crippen LogP) is 4.04. The molecule has 5 nitrogen and oxygen atoms in total. The maximum absolute atomic E-state index is 12.8. The van der Waals surface area contributed by atoms with Crippen LogP contribution in [0.4, 0.5) is 5.82 Å². The first kappa shape index (κ1) is 17.3. The Balaban J connectivity index is 0.00000225. The summed E-state index contributed by atoms with van der Waals surface area (Å²) in [4.78, 5) is 28.1. The van der Waals surface area contributed by atoms with Crippen LogP contribution in [0.15, 0.2) is 60.9 Å².